The Morgan fingerprint density at radius 2 is 1.15 bits per heavy atom. The zero-order valence-corrected chi connectivity index (χ0v) is 26.7. The monoisotopic (exact) mass is 660 g/mol. The summed E-state index contributed by atoms with van der Waals surface area (Å²) < 4.78 is 76.9. The molecule has 2 aromatic heterocycles. The van der Waals surface area contributed by atoms with Crippen molar-refractivity contribution in [1.82, 2.24) is 30.2 Å². The van der Waals surface area contributed by atoms with Crippen LogP contribution in [-0.2, 0) is 25.2 Å². The van der Waals surface area contributed by atoms with Crippen molar-refractivity contribution in [1.29, 1.82) is 0 Å². The van der Waals surface area contributed by atoms with Gasteiger partial charge in [-0.3, -0.25) is 0 Å². The van der Waals surface area contributed by atoms with Crippen LogP contribution >= 0.6 is 0 Å². The number of H-pyrrole nitrogens is 2. The number of piperidine rings is 2. The molecule has 0 aliphatic carbocycles. The number of halogens is 6. The van der Waals surface area contributed by atoms with E-state index in [1.54, 1.807) is 24.5 Å². The zero-order valence-electron chi connectivity index (χ0n) is 26.7. The summed E-state index contributed by atoms with van der Waals surface area (Å²) in [6.07, 6.45) is 0.789. The molecule has 6 rings (SSSR count). The normalized spacial score (nSPS) is 17.1. The number of likely N-dealkylation sites (tertiary alicyclic amines) is 1. The van der Waals surface area contributed by atoms with Crippen molar-refractivity contribution in [2.45, 2.75) is 70.8 Å². The SMILES string of the molecule is CC(C)N1CCC(Cc2ncc(-c3cccc(C(F)(F)F)c3)[nH]2)CC1.FC(F)(F)c1cccc(-c2cnc(CC3CCNCC3)[nH]2)c1. The van der Waals surface area contributed by atoms with Gasteiger partial charge in [0.25, 0.3) is 0 Å². The smallest absolute Gasteiger partial charge is 0.342 e. The molecule has 0 spiro atoms. The standard InChI is InChI=1S/C19H24F3N3.C16H18F3N3/c1-13(2)25-8-6-14(7-9-25)10-18-23-12-17(24-18)15-4-3-5-16(11-15)19(20,21)22;17-16(18,19)13-3-1-2-12(9-13)14-10-21-15(22-14)8-11-4-6-20-7-5-11/h3-5,11-14H,6-10H2,1-2H3,(H,23,24);1-3,9-11,20H,4-8H2,(H,21,22). The van der Waals surface area contributed by atoms with Gasteiger partial charge in [-0.15, -0.1) is 0 Å². The molecule has 0 saturated carbocycles. The van der Waals surface area contributed by atoms with E-state index >= 15 is 0 Å². The van der Waals surface area contributed by atoms with E-state index in [4.69, 9.17) is 0 Å². The molecule has 0 amide bonds. The van der Waals surface area contributed by atoms with Crippen molar-refractivity contribution >= 4 is 0 Å². The minimum absolute atomic E-state index is 0.513. The van der Waals surface area contributed by atoms with E-state index in [1.165, 1.54) is 18.2 Å². The number of hydrogen-bond donors (Lipinski definition) is 3. The van der Waals surface area contributed by atoms with Gasteiger partial charge in [0, 0.05) is 30.0 Å². The lowest BCUT2D eigenvalue weighted by molar-refractivity contribution is -0.138. The third kappa shape index (κ3) is 9.70. The Kier molecular flexibility index (Phi) is 11.1. The minimum atomic E-state index is -4.33. The highest BCUT2D eigenvalue weighted by Crippen LogP contribution is 2.33. The Morgan fingerprint density at radius 3 is 1.57 bits per heavy atom. The van der Waals surface area contributed by atoms with Crippen LogP contribution in [0.15, 0.2) is 60.9 Å². The number of hydrogen-bond acceptors (Lipinski definition) is 4. The molecule has 12 heteroatoms. The fourth-order valence-corrected chi connectivity index (χ4v) is 6.26. The number of imidazole rings is 2. The first-order valence-electron chi connectivity index (χ1n) is 16.2. The first kappa shape index (κ1) is 34.7. The molecule has 2 aliphatic rings. The lowest BCUT2D eigenvalue weighted by Crippen LogP contribution is -2.38. The van der Waals surface area contributed by atoms with Crippen LogP contribution in [-0.4, -0.2) is 57.1 Å². The molecule has 3 N–H and O–H groups in total. The van der Waals surface area contributed by atoms with Crippen LogP contribution in [0.3, 0.4) is 0 Å². The molecule has 0 radical (unpaired) electrons. The largest absolute Gasteiger partial charge is 0.416 e. The second kappa shape index (κ2) is 15.1. The average Bonchev–Trinajstić information content (AvgIpc) is 3.72. The third-order valence-electron chi connectivity index (χ3n) is 9.06. The van der Waals surface area contributed by atoms with E-state index in [-0.39, 0.29) is 0 Å². The summed E-state index contributed by atoms with van der Waals surface area (Å²) in [6, 6.07) is 11.3. The van der Waals surface area contributed by atoms with E-state index in [2.05, 4.69) is 44.0 Å². The Labute approximate surface area is 271 Å². The second-order valence-electron chi connectivity index (χ2n) is 12.8. The molecule has 0 unspecified atom stereocenters. The number of nitrogens with zero attached hydrogens (tertiary/aromatic N) is 3. The topological polar surface area (TPSA) is 72.6 Å². The van der Waals surface area contributed by atoms with Crippen LogP contribution in [0.25, 0.3) is 22.5 Å². The molecular weight excluding hydrogens is 618 g/mol. The van der Waals surface area contributed by atoms with Crippen LogP contribution in [0, 0.1) is 11.8 Å². The van der Waals surface area contributed by atoms with Gasteiger partial charge in [-0.05, 0) is 102 Å². The van der Waals surface area contributed by atoms with Crippen molar-refractivity contribution in [3.05, 3.63) is 83.7 Å². The Hall–Kier alpha value is -3.64. The van der Waals surface area contributed by atoms with Gasteiger partial charge in [0.2, 0.25) is 0 Å². The van der Waals surface area contributed by atoms with Gasteiger partial charge >= 0.3 is 12.4 Å². The number of alkyl halides is 6. The van der Waals surface area contributed by atoms with Crippen LogP contribution in [0.1, 0.15) is 62.3 Å². The molecule has 6 nitrogen and oxygen atoms in total. The molecular formula is C35H42F6N6. The highest BCUT2D eigenvalue weighted by Gasteiger charge is 2.31. The number of nitrogens with one attached hydrogen (secondary N) is 3. The maximum Gasteiger partial charge on any atom is 0.416 e. The van der Waals surface area contributed by atoms with Crippen molar-refractivity contribution in [3.8, 4) is 22.5 Å². The number of aromatic nitrogens is 4. The summed E-state index contributed by atoms with van der Waals surface area (Å²) in [5.74, 6) is 2.87. The molecule has 2 fully saturated rings. The van der Waals surface area contributed by atoms with Gasteiger partial charge in [-0.2, -0.15) is 26.3 Å². The molecule has 47 heavy (non-hydrogen) atoms. The van der Waals surface area contributed by atoms with Gasteiger partial charge < -0.3 is 20.2 Å². The van der Waals surface area contributed by atoms with Crippen LogP contribution in [0.2, 0.25) is 0 Å². The molecule has 2 saturated heterocycles. The summed E-state index contributed by atoms with van der Waals surface area (Å²) in [5, 5.41) is 3.31. The Balaban J connectivity index is 0.000000186. The second-order valence-corrected chi connectivity index (χ2v) is 12.8. The van der Waals surface area contributed by atoms with Crippen molar-refractivity contribution in [3.63, 3.8) is 0 Å². The maximum absolute atomic E-state index is 12.9. The predicted molar refractivity (Wildman–Crippen MR) is 170 cm³/mol. The Bertz CT molecular complexity index is 1560. The van der Waals surface area contributed by atoms with Gasteiger partial charge in [-0.25, -0.2) is 9.97 Å². The van der Waals surface area contributed by atoms with Gasteiger partial charge in [-0.1, -0.05) is 24.3 Å². The first-order chi connectivity index (χ1) is 22.3. The fraction of sp³-hybridized carbons (Fsp3) is 0.486. The fourth-order valence-electron chi connectivity index (χ4n) is 6.26. The number of benzene rings is 2. The molecule has 2 aromatic carbocycles. The summed E-state index contributed by atoms with van der Waals surface area (Å²) in [4.78, 5) is 17.5. The van der Waals surface area contributed by atoms with Gasteiger partial charge in [0.15, 0.2) is 0 Å². The molecule has 254 valence electrons. The Morgan fingerprint density at radius 1 is 0.702 bits per heavy atom. The molecule has 2 aliphatic heterocycles. The van der Waals surface area contributed by atoms with Crippen LogP contribution in [0.4, 0.5) is 26.3 Å². The van der Waals surface area contributed by atoms with E-state index in [9.17, 15) is 26.3 Å². The minimum Gasteiger partial charge on any atom is -0.342 e. The van der Waals surface area contributed by atoms with Crippen molar-refractivity contribution in [2.75, 3.05) is 26.2 Å². The average molecular weight is 661 g/mol. The maximum atomic E-state index is 12.9. The van der Waals surface area contributed by atoms with Crippen molar-refractivity contribution in [2.24, 2.45) is 11.8 Å². The summed E-state index contributed by atoms with van der Waals surface area (Å²) in [7, 11) is 0. The number of aromatic amines is 2. The quantitative estimate of drug-likeness (QED) is 0.174. The molecule has 4 aromatic rings. The summed E-state index contributed by atoms with van der Waals surface area (Å²) >= 11 is 0. The highest BCUT2D eigenvalue weighted by molar-refractivity contribution is 5.60. The summed E-state index contributed by atoms with van der Waals surface area (Å²) in [6.45, 7) is 8.67. The zero-order chi connectivity index (χ0) is 33.6. The van der Waals surface area contributed by atoms with Crippen molar-refractivity contribution < 1.29 is 26.3 Å². The van der Waals surface area contributed by atoms with E-state index in [0.717, 1.165) is 94.6 Å². The molecule has 4 heterocycles. The lowest BCUT2D eigenvalue weighted by atomic mass is 9.92. The van der Waals surface area contributed by atoms with Gasteiger partial charge in [0.05, 0.1) is 34.9 Å². The number of rotatable bonds is 7. The lowest BCUT2D eigenvalue weighted by Gasteiger charge is -2.34. The van der Waals surface area contributed by atoms with E-state index < -0.39 is 23.5 Å². The summed E-state index contributed by atoms with van der Waals surface area (Å²) in [5.41, 5.74) is 1.03. The molecule has 0 bridgehead atoms. The first-order valence-corrected chi connectivity index (χ1v) is 16.2. The van der Waals surface area contributed by atoms with E-state index in [0.29, 0.717) is 40.4 Å². The third-order valence-corrected chi connectivity index (χ3v) is 9.06. The predicted octanol–water partition coefficient (Wildman–Crippen LogP) is 8.40. The highest BCUT2D eigenvalue weighted by atomic mass is 19.4. The molecule has 0 atom stereocenters. The van der Waals surface area contributed by atoms with Crippen LogP contribution < -0.4 is 5.32 Å². The van der Waals surface area contributed by atoms with Crippen LogP contribution in [0.5, 0.6) is 0 Å². The van der Waals surface area contributed by atoms with E-state index in [1.807, 2.05) is 0 Å². The van der Waals surface area contributed by atoms with Gasteiger partial charge in [0.1, 0.15) is 11.6 Å².